The lowest BCUT2D eigenvalue weighted by atomic mass is 10.3. The molecule has 0 saturated carbocycles. The van der Waals surface area contributed by atoms with Crippen molar-refractivity contribution in [2.45, 2.75) is 13.0 Å². The monoisotopic (exact) mass is 353 g/mol. The molecule has 16 heavy (non-hydrogen) atoms. The second-order valence-corrected chi connectivity index (χ2v) is 7.33. The summed E-state index contributed by atoms with van der Waals surface area (Å²) in [4.78, 5) is 10.4. The molecule has 1 fully saturated rings. The minimum Gasteiger partial charge on any atom is -0.336 e. The number of aromatic nitrogens is 2. The zero-order chi connectivity index (χ0) is 11.8. The Bertz CT molecular complexity index is 474. The van der Waals surface area contributed by atoms with E-state index in [0.717, 1.165) is 3.57 Å². The number of sulfone groups is 1. The molecule has 0 aromatic carbocycles. The Morgan fingerprint density at radius 2 is 2.06 bits per heavy atom. The number of halogens is 1. The summed E-state index contributed by atoms with van der Waals surface area (Å²) < 4.78 is 23.8. The van der Waals surface area contributed by atoms with Crippen molar-refractivity contribution in [3.63, 3.8) is 0 Å². The Balaban J connectivity index is 2.20. The maximum absolute atomic E-state index is 11.4. The molecule has 1 unspecified atom stereocenters. The zero-order valence-electron chi connectivity index (χ0n) is 8.80. The molecular formula is C9H12IN3O2S. The summed E-state index contributed by atoms with van der Waals surface area (Å²) in [6.07, 6.45) is 3.47. The van der Waals surface area contributed by atoms with Gasteiger partial charge in [0.1, 0.15) is 0 Å². The van der Waals surface area contributed by atoms with Gasteiger partial charge in [0.25, 0.3) is 0 Å². The third kappa shape index (κ3) is 2.62. The zero-order valence-corrected chi connectivity index (χ0v) is 11.8. The minimum atomic E-state index is -2.88. The van der Waals surface area contributed by atoms with Gasteiger partial charge in [-0.25, -0.2) is 18.4 Å². The Hall–Kier alpha value is -0.440. The molecule has 0 aliphatic carbocycles. The van der Waals surface area contributed by atoms with Gasteiger partial charge in [0.05, 0.1) is 11.5 Å². The molecule has 2 heterocycles. The maximum atomic E-state index is 11.4. The van der Waals surface area contributed by atoms with E-state index >= 15 is 0 Å². The molecule has 0 bridgehead atoms. The third-order valence-corrected chi connectivity index (χ3v) is 4.89. The fraction of sp³-hybridized carbons (Fsp3) is 0.556. The molecule has 1 atom stereocenters. The van der Waals surface area contributed by atoms with E-state index in [-0.39, 0.29) is 17.5 Å². The molecule has 1 aliphatic rings. The lowest BCUT2D eigenvalue weighted by molar-refractivity contribution is 0.565. The highest BCUT2D eigenvalue weighted by Gasteiger charge is 2.29. The molecule has 1 aliphatic heterocycles. The van der Waals surface area contributed by atoms with Crippen LogP contribution in [0.5, 0.6) is 0 Å². The molecule has 0 amide bonds. The van der Waals surface area contributed by atoms with Crippen molar-refractivity contribution >= 4 is 38.4 Å². The highest BCUT2D eigenvalue weighted by Crippen LogP contribution is 2.17. The van der Waals surface area contributed by atoms with Gasteiger partial charge in [-0.1, -0.05) is 0 Å². The fourth-order valence-electron chi connectivity index (χ4n) is 1.75. The van der Waals surface area contributed by atoms with Crippen molar-refractivity contribution in [1.82, 2.24) is 9.97 Å². The summed E-state index contributed by atoms with van der Waals surface area (Å²) in [6.45, 7) is 2.36. The Morgan fingerprint density at radius 1 is 1.44 bits per heavy atom. The largest absolute Gasteiger partial charge is 0.336 e. The summed E-state index contributed by atoms with van der Waals surface area (Å²) in [6, 6.07) is -0.0567. The molecule has 0 radical (unpaired) electrons. The molecule has 1 saturated heterocycles. The fourth-order valence-corrected chi connectivity index (χ4v) is 3.58. The van der Waals surface area contributed by atoms with Crippen LogP contribution in [-0.4, -0.2) is 42.5 Å². The van der Waals surface area contributed by atoms with E-state index in [2.05, 4.69) is 32.6 Å². The lowest BCUT2D eigenvalue weighted by Gasteiger charge is -2.32. The normalized spacial score (nSPS) is 24.4. The average molecular weight is 353 g/mol. The topological polar surface area (TPSA) is 63.2 Å². The van der Waals surface area contributed by atoms with E-state index in [1.807, 2.05) is 11.8 Å². The van der Waals surface area contributed by atoms with Crippen LogP contribution in [0.3, 0.4) is 0 Å². The van der Waals surface area contributed by atoms with E-state index in [9.17, 15) is 8.42 Å². The molecule has 1 aromatic rings. The van der Waals surface area contributed by atoms with E-state index in [0.29, 0.717) is 12.5 Å². The van der Waals surface area contributed by atoms with Crippen LogP contribution in [0.25, 0.3) is 0 Å². The molecular weight excluding hydrogens is 341 g/mol. The van der Waals surface area contributed by atoms with Crippen LogP contribution in [-0.2, 0) is 9.84 Å². The van der Waals surface area contributed by atoms with Crippen LogP contribution in [0.4, 0.5) is 5.95 Å². The van der Waals surface area contributed by atoms with Crippen molar-refractivity contribution in [2.24, 2.45) is 0 Å². The van der Waals surface area contributed by atoms with Gasteiger partial charge in [-0.2, -0.15) is 0 Å². The van der Waals surface area contributed by atoms with Crippen LogP contribution in [0.1, 0.15) is 6.92 Å². The van der Waals surface area contributed by atoms with Gasteiger partial charge in [-0.3, -0.25) is 0 Å². The second-order valence-electron chi connectivity index (χ2n) is 3.86. The van der Waals surface area contributed by atoms with E-state index in [4.69, 9.17) is 0 Å². The van der Waals surface area contributed by atoms with Crippen molar-refractivity contribution in [3.8, 4) is 0 Å². The first-order valence-corrected chi connectivity index (χ1v) is 7.82. The molecule has 0 spiro atoms. The molecule has 2 rings (SSSR count). The molecule has 5 nitrogen and oxygen atoms in total. The SMILES string of the molecule is CC1CS(=O)(=O)CCN1c1ncc(I)cn1. The summed E-state index contributed by atoms with van der Waals surface area (Å²) in [5, 5.41) is 0. The highest BCUT2D eigenvalue weighted by atomic mass is 127. The quantitative estimate of drug-likeness (QED) is 0.696. The first-order chi connectivity index (χ1) is 7.48. The smallest absolute Gasteiger partial charge is 0.225 e. The van der Waals surface area contributed by atoms with Crippen molar-refractivity contribution in [2.75, 3.05) is 23.0 Å². The van der Waals surface area contributed by atoms with Gasteiger partial charge in [0, 0.05) is 28.6 Å². The van der Waals surface area contributed by atoms with Gasteiger partial charge < -0.3 is 4.90 Å². The number of hydrogen-bond acceptors (Lipinski definition) is 5. The standard InChI is InChI=1S/C9H12IN3O2S/c1-7-6-16(14,15)3-2-13(7)9-11-4-8(10)5-12-9/h4-5,7H,2-3,6H2,1H3. The van der Waals surface area contributed by atoms with Crippen LogP contribution in [0, 0.1) is 3.57 Å². The lowest BCUT2D eigenvalue weighted by Crippen LogP contribution is -2.47. The van der Waals surface area contributed by atoms with Crippen molar-refractivity contribution < 1.29 is 8.42 Å². The maximum Gasteiger partial charge on any atom is 0.225 e. The molecule has 88 valence electrons. The summed E-state index contributed by atoms with van der Waals surface area (Å²) >= 11 is 2.14. The predicted octanol–water partition coefficient (Wildman–Crippen LogP) is 0.704. The molecule has 1 aromatic heterocycles. The number of nitrogens with zero attached hydrogens (tertiary/aromatic N) is 3. The number of rotatable bonds is 1. The van der Waals surface area contributed by atoms with Gasteiger partial charge >= 0.3 is 0 Å². The predicted molar refractivity (Wildman–Crippen MR) is 70.2 cm³/mol. The summed E-state index contributed by atoms with van der Waals surface area (Å²) in [5.41, 5.74) is 0. The van der Waals surface area contributed by atoms with Crippen molar-refractivity contribution in [3.05, 3.63) is 16.0 Å². The van der Waals surface area contributed by atoms with E-state index in [1.54, 1.807) is 12.4 Å². The molecule has 0 N–H and O–H groups in total. The van der Waals surface area contributed by atoms with E-state index < -0.39 is 9.84 Å². The van der Waals surface area contributed by atoms with Crippen LogP contribution < -0.4 is 4.90 Å². The first kappa shape index (κ1) is 12.0. The van der Waals surface area contributed by atoms with Crippen LogP contribution in [0.15, 0.2) is 12.4 Å². The summed E-state index contributed by atoms with van der Waals surface area (Å²) in [7, 11) is -2.88. The van der Waals surface area contributed by atoms with Gasteiger partial charge in [0.15, 0.2) is 9.84 Å². The average Bonchev–Trinajstić information content (AvgIpc) is 2.19. The van der Waals surface area contributed by atoms with Gasteiger partial charge in [0.2, 0.25) is 5.95 Å². The minimum absolute atomic E-state index is 0.0567. The summed E-state index contributed by atoms with van der Waals surface area (Å²) in [5.74, 6) is 0.984. The Labute approximate surface area is 108 Å². The third-order valence-electron chi connectivity index (χ3n) is 2.53. The number of anilines is 1. The first-order valence-electron chi connectivity index (χ1n) is 4.92. The highest BCUT2D eigenvalue weighted by molar-refractivity contribution is 14.1. The van der Waals surface area contributed by atoms with Gasteiger partial charge in [-0.15, -0.1) is 0 Å². The molecule has 7 heteroatoms. The van der Waals surface area contributed by atoms with Crippen molar-refractivity contribution in [1.29, 1.82) is 0 Å². The Kier molecular flexibility index (Phi) is 3.34. The van der Waals surface area contributed by atoms with Gasteiger partial charge in [-0.05, 0) is 29.5 Å². The van der Waals surface area contributed by atoms with Crippen LogP contribution >= 0.6 is 22.6 Å². The second kappa shape index (κ2) is 4.44. The number of hydrogen-bond donors (Lipinski definition) is 0. The Morgan fingerprint density at radius 3 is 2.62 bits per heavy atom. The van der Waals surface area contributed by atoms with Crippen LogP contribution in [0.2, 0.25) is 0 Å². The van der Waals surface area contributed by atoms with E-state index in [1.165, 1.54) is 0 Å².